The van der Waals surface area contributed by atoms with Crippen molar-refractivity contribution in [2.45, 2.75) is 33.1 Å². The number of halogens is 1. The Morgan fingerprint density at radius 1 is 1.50 bits per heavy atom. The molecule has 0 amide bonds. The van der Waals surface area contributed by atoms with Gasteiger partial charge in [-0.05, 0) is 12.5 Å². The minimum Gasteiger partial charge on any atom is -0.303 e. The molecule has 0 bridgehead atoms. The summed E-state index contributed by atoms with van der Waals surface area (Å²) in [5.41, 5.74) is 1.01. The van der Waals surface area contributed by atoms with Crippen molar-refractivity contribution in [1.82, 2.24) is 9.88 Å². The van der Waals surface area contributed by atoms with Gasteiger partial charge in [-0.15, -0.1) is 22.9 Å². The molecule has 0 saturated heterocycles. The summed E-state index contributed by atoms with van der Waals surface area (Å²) in [6, 6.07) is 0. The molecule has 0 spiro atoms. The molecular formula is C12H21ClN2S. The van der Waals surface area contributed by atoms with Gasteiger partial charge in [0.05, 0.1) is 16.6 Å². The molecule has 16 heavy (non-hydrogen) atoms. The summed E-state index contributed by atoms with van der Waals surface area (Å²) in [4.78, 5) is 6.95. The highest BCUT2D eigenvalue weighted by atomic mass is 35.5. The van der Waals surface area contributed by atoms with Gasteiger partial charge in [-0.1, -0.05) is 20.8 Å². The number of alkyl halides is 1. The first-order valence-corrected chi connectivity index (χ1v) is 7.28. The summed E-state index contributed by atoms with van der Waals surface area (Å²) in [5, 5.41) is 3.26. The maximum atomic E-state index is 5.73. The molecule has 0 saturated carbocycles. The van der Waals surface area contributed by atoms with Crippen LogP contribution in [0.25, 0.3) is 0 Å². The van der Waals surface area contributed by atoms with Crippen molar-refractivity contribution in [2.24, 2.45) is 5.92 Å². The second-order valence-corrected chi connectivity index (χ2v) is 5.61. The van der Waals surface area contributed by atoms with Crippen LogP contribution in [0.2, 0.25) is 0 Å². The molecular weight excluding hydrogens is 240 g/mol. The van der Waals surface area contributed by atoms with Crippen molar-refractivity contribution >= 4 is 22.9 Å². The van der Waals surface area contributed by atoms with Gasteiger partial charge >= 0.3 is 0 Å². The van der Waals surface area contributed by atoms with Gasteiger partial charge in [0.15, 0.2) is 0 Å². The van der Waals surface area contributed by atoms with Crippen LogP contribution in [0.5, 0.6) is 0 Å². The highest BCUT2D eigenvalue weighted by Gasteiger charge is 2.07. The largest absolute Gasteiger partial charge is 0.303 e. The lowest BCUT2D eigenvalue weighted by atomic mass is 10.2. The van der Waals surface area contributed by atoms with Gasteiger partial charge in [0, 0.05) is 24.9 Å². The van der Waals surface area contributed by atoms with E-state index in [1.807, 2.05) is 0 Å². The van der Waals surface area contributed by atoms with E-state index >= 15 is 0 Å². The van der Waals surface area contributed by atoms with Gasteiger partial charge in [0.1, 0.15) is 0 Å². The van der Waals surface area contributed by atoms with Crippen LogP contribution < -0.4 is 0 Å². The predicted molar refractivity (Wildman–Crippen MR) is 72.3 cm³/mol. The summed E-state index contributed by atoms with van der Waals surface area (Å²) < 4.78 is 0. The van der Waals surface area contributed by atoms with Crippen LogP contribution in [-0.4, -0.2) is 29.5 Å². The molecule has 0 N–H and O–H groups in total. The van der Waals surface area contributed by atoms with Crippen LogP contribution in [0.15, 0.2) is 5.38 Å². The molecule has 0 unspecified atom stereocenters. The van der Waals surface area contributed by atoms with Crippen LogP contribution in [0, 0.1) is 5.92 Å². The maximum Gasteiger partial charge on any atom is 0.0941 e. The molecule has 1 rings (SSSR count). The highest BCUT2D eigenvalue weighted by Crippen LogP contribution is 2.12. The zero-order valence-electron chi connectivity index (χ0n) is 10.4. The molecule has 0 aromatic carbocycles. The van der Waals surface area contributed by atoms with E-state index in [0.717, 1.165) is 31.1 Å². The molecule has 92 valence electrons. The van der Waals surface area contributed by atoms with Crippen molar-refractivity contribution in [3.8, 4) is 0 Å². The third kappa shape index (κ3) is 4.81. The lowest BCUT2D eigenvalue weighted by Gasteiger charge is -2.21. The van der Waals surface area contributed by atoms with Gasteiger partial charge in [-0.25, -0.2) is 4.98 Å². The predicted octanol–water partition coefficient (Wildman–Crippen LogP) is 3.40. The van der Waals surface area contributed by atoms with E-state index in [2.05, 4.69) is 36.0 Å². The van der Waals surface area contributed by atoms with Crippen molar-refractivity contribution in [2.75, 3.05) is 19.6 Å². The maximum absolute atomic E-state index is 5.73. The Kier molecular flexibility index (Phi) is 6.32. The minimum atomic E-state index is 0.528. The van der Waals surface area contributed by atoms with Crippen molar-refractivity contribution < 1.29 is 0 Å². The lowest BCUT2D eigenvalue weighted by Crippen LogP contribution is -2.29. The van der Waals surface area contributed by atoms with Gasteiger partial charge in [0.25, 0.3) is 0 Å². The van der Waals surface area contributed by atoms with Crippen molar-refractivity contribution in [1.29, 1.82) is 0 Å². The van der Waals surface area contributed by atoms with Crippen molar-refractivity contribution in [3.05, 3.63) is 16.1 Å². The Morgan fingerprint density at radius 3 is 2.75 bits per heavy atom. The average molecular weight is 261 g/mol. The van der Waals surface area contributed by atoms with Crippen LogP contribution in [0.4, 0.5) is 0 Å². The summed E-state index contributed by atoms with van der Waals surface area (Å²) in [5.74, 6) is 1.26. The SMILES string of the molecule is CCN(CCc1nc(CCl)cs1)CC(C)C. The van der Waals surface area contributed by atoms with E-state index in [1.54, 1.807) is 11.3 Å². The standard InChI is InChI=1S/C12H21ClN2S/c1-4-15(8-10(2)3)6-5-12-14-11(7-13)9-16-12/h9-10H,4-8H2,1-3H3. The fourth-order valence-electron chi connectivity index (χ4n) is 1.67. The van der Waals surface area contributed by atoms with E-state index in [0.29, 0.717) is 5.88 Å². The Hall–Kier alpha value is -0.120. The number of hydrogen-bond acceptors (Lipinski definition) is 3. The summed E-state index contributed by atoms with van der Waals surface area (Å²) >= 11 is 7.46. The monoisotopic (exact) mass is 260 g/mol. The lowest BCUT2D eigenvalue weighted by molar-refractivity contribution is 0.259. The smallest absolute Gasteiger partial charge is 0.0941 e. The summed E-state index contributed by atoms with van der Waals surface area (Å²) in [6.45, 7) is 10.1. The average Bonchev–Trinajstić information content (AvgIpc) is 2.71. The molecule has 1 heterocycles. The summed E-state index contributed by atoms with van der Waals surface area (Å²) in [6.07, 6.45) is 1.04. The number of likely N-dealkylation sites (N-methyl/N-ethyl adjacent to an activating group) is 1. The van der Waals surface area contributed by atoms with Gasteiger partial charge in [-0.2, -0.15) is 0 Å². The third-order valence-electron chi connectivity index (χ3n) is 2.45. The quantitative estimate of drug-likeness (QED) is 0.699. The van der Waals surface area contributed by atoms with Crippen LogP contribution >= 0.6 is 22.9 Å². The normalized spacial score (nSPS) is 11.6. The third-order valence-corrected chi connectivity index (χ3v) is 3.68. The molecule has 2 nitrogen and oxygen atoms in total. The second kappa shape index (κ2) is 7.25. The zero-order valence-corrected chi connectivity index (χ0v) is 11.9. The first-order valence-electron chi connectivity index (χ1n) is 5.87. The molecule has 0 fully saturated rings. The molecule has 4 heteroatoms. The molecule has 0 aliphatic heterocycles. The van der Waals surface area contributed by atoms with Crippen molar-refractivity contribution in [3.63, 3.8) is 0 Å². The number of aromatic nitrogens is 1. The molecule has 0 atom stereocenters. The number of nitrogens with zero attached hydrogens (tertiary/aromatic N) is 2. The van der Waals surface area contributed by atoms with Gasteiger partial charge in [-0.3, -0.25) is 0 Å². The van der Waals surface area contributed by atoms with Crippen LogP contribution in [0.3, 0.4) is 0 Å². The Balaban J connectivity index is 2.36. The molecule has 1 aromatic heterocycles. The van der Waals surface area contributed by atoms with E-state index in [-0.39, 0.29) is 0 Å². The summed E-state index contributed by atoms with van der Waals surface area (Å²) in [7, 11) is 0. The Labute approximate surface area is 108 Å². The van der Waals surface area contributed by atoms with E-state index < -0.39 is 0 Å². The fraction of sp³-hybridized carbons (Fsp3) is 0.750. The van der Waals surface area contributed by atoms with E-state index in [4.69, 9.17) is 11.6 Å². The molecule has 0 aliphatic rings. The highest BCUT2D eigenvalue weighted by molar-refractivity contribution is 7.09. The topological polar surface area (TPSA) is 16.1 Å². The Morgan fingerprint density at radius 2 is 2.25 bits per heavy atom. The van der Waals surface area contributed by atoms with Gasteiger partial charge < -0.3 is 4.90 Å². The number of hydrogen-bond donors (Lipinski definition) is 0. The first-order chi connectivity index (χ1) is 7.65. The molecule has 0 aliphatic carbocycles. The van der Waals surface area contributed by atoms with Gasteiger partial charge in [0.2, 0.25) is 0 Å². The fourth-order valence-corrected chi connectivity index (χ4v) is 2.69. The first kappa shape index (κ1) is 13.9. The van der Waals surface area contributed by atoms with Crippen LogP contribution in [0.1, 0.15) is 31.5 Å². The minimum absolute atomic E-state index is 0.528. The van der Waals surface area contributed by atoms with Crippen LogP contribution in [-0.2, 0) is 12.3 Å². The number of rotatable bonds is 7. The molecule has 1 aromatic rings. The van der Waals surface area contributed by atoms with E-state index in [9.17, 15) is 0 Å². The molecule has 0 radical (unpaired) electrons. The van der Waals surface area contributed by atoms with E-state index in [1.165, 1.54) is 11.6 Å². The second-order valence-electron chi connectivity index (χ2n) is 4.40. The Bertz CT molecular complexity index is 299. The number of thiazole rings is 1. The zero-order chi connectivity index (χ0) is 12.0.